The summed E-state index contributed by atoms with van der Waals surface area (Å²) < 4.78 is 12.8. The Labute approximate surface area is 356 Å². The number of hydrogen-bond acceptors (Lipinski definition) is 5. The van der Waals surface area contributed by atoms with Crippen molar-refractivity contribution in [3.63, 3.8) is 0 Å². The van der Waals surface area contributed by atoms with Gasteiger partial charge in [0, 0.05) is 38.9 Å². The van der Waals surface area contributed by atoms with Crippen molar-refractivity contribution < 1.29 is 9.15 Å². The van der Waals surface area contributed by atoms with Crippen LogP contribution in [0.3, 0.4) is 0 Å². The highest BCUT2D eigenvalue weighted by Crippen LogP contribution is 2.44. The Hall–Kier alpha value is -8.15. The van der Waals surface area contributed by atoms with Crippen molar-refractivity contribution in [3.8, 4) is 62.2 Å². The van der Waals surface area contributed by atoms with Gasteiger partial charge in [0.05, 0.1) is 0 Å². The quantitative estimate of drug-likeness (QED) is 0.162. The maximum Gasteiger partial charge on any atom is 0.164 e. The summed E-state index contributed by atoms with van der Waals surface area (Å²) in [5.41, 5.74) is 10.0. The molecule has 0 spiro atoms. The van der Waals surface area contributed by atoms with Gasteiger partial charge in [0.25, 0.3) is 0 Å². The van der Waals surface area contributed by atoms with Gasteiger partial charge in [-0.2, -0.15) is 0 Å². The zero-order valence-corrected chi connectivity index (χ0v) is 33.4. The predicted octanol–water partition coefficient (Wildman–Crippen LogP) is 14.5. The molecule has 0 saturated carbocycles. The predicted molar refractivity (Wildman–Crippen MR) is 252 cm³/mol. The van der Waals surface area contributed by atoms with Gasteiger partial charge in [-0.25, -0.2) is 15.0 Å². The molecule has 0 radical (unpaired) electrons. The van der Waals surface area contributed by atoms with E-state index in [9.17, 15) is 0 Å². The van der Waals surface area contributed by atoms with Gasteiger partial charge >= 0.3 is 0 Å². The second-order valence-electron chi connectivity index (χ2n) is 16.3. The van der Waals surface area contributed by atoms with E-state index in [4.69, 9.17) is 24.1 Å². The maximum atomic E-state index is 6.53. The number of aromatic nitrogens is 3. The molecule has 0 N–H and O–H groups in total. The normalized spacial score (nSPS) is 15.4. The molecule has 2 atom stereocenters. The van der Waals surface area contributed by atoms with Crippen LogP contribution in [0, 0.1) is 0 Å². The maximum absolute atomic E-state index is 6.53. The molecule has 1 aliphatic carbocycles. The zero-order chi connectivity index (χ0) is 40.7. The Morgan fingerprint density at radius 1 is 0.387 bits per heavy atom. The van der Waals surface area contributed by atoms with Crippen molar-refractivity contribution in [2.45, 2.75) is 12.0 Å². The van der Waals surface area contributed by atoms with Crippen LogP contribution in [0.15, 0.2) is 205 Å². The van der Waals surface area contributed by atoms with Gasteiger partial charge in [-0.05, 0) is 109 Å². The highest BCUT2D eigenvalue weighted by atomic mass is 16.5. The third kappa shape index (κ3) is 5.59. The molecule has 290 valence electrons. The van der Waals surface area contributed by atoms with Crippen LogP contribution < -0.4 is 4.74 Å². The summed E-state index contributed by atoms with van der Waals surface area (Å²) in [6.45, 7) is 0. The molecule has 13 rings (SSSR count). The smallest absolute Gasteiger partial charge is 0.164 e. The molecule has 2 unspecified atom stereocenters. The lowest BCUT2D eigenvalue weighted by molar-refractivity contribution is 0.269. The summed E-state index contributed by atoms with van der Waals surface area (Å²) in [6.07, 6.45) is 8.47. The van der Waals surface area contributed by atoms with Crippen LogP contribution in [0.4, 0.5) is 0 Å². The molecule has 0 saturated heterocycles. The molecule has 62 heavy (non-hydrogen) atoms. The van der Waals surface area contributed by atoms with Crippen molar-refractivity contribution >= 4 is 54.3 Å². The number of nitrogens with zero attached hydrogens (tertiary/aromatic N) is 3. The first-order valence-corrected chi connectivity index (χ1v) is 21.1. The van der Waals surface area contributed by atoms with E-state index in [2.05, 4.69) is 158 Å². The number of allylic oxidation sites excluding steroid dienone is 2. The zero-order valence-electron chi connectivity index (χ0n) is 33.4. The van der Waals surface area contributed by atoms with E-state index in [1.807, 2.05) is 42.5 Å². The topological polar surface area (TPSA) is 61.0 Å². The molecule has 0 amide bonds. The molecule has 0 bridgehead atoms. The summed E-state index contributed by atoms with van der Waals surface area (Å²) in [5.74, 6) is 2.91. The van der Waals surface area contributed by atoms with E-state index in [0.29, 0.717) is 17.5 Å². The number of rotatable bonds is 5. The van der Waals surface area contributed by atoms with Gasteiger partial charge in [-0.1, -0.05) is 146 Å². The van der Waals surface area contributed by atoms with Crippen LogP contribution in [0.1, 0.15) is 11.5 Å². The lowest BCUT2D eigenvalue weighted by Gasteiger charge is -2.14. The standard InChI is InChI=1S/C57H35N3O2/c1-2-11-36(12-3-1)55-58-56(60-57(59-55)41-25-29-51-48(33-41)46-16-6-7-18-50(46)61-51)40-14-8-13-39(30-40)43-17-9-19-53-54(43)49-32-38(24-28-52(49)62-53)37-21-20-35-23-26-44-42-15-5-4-10-34(42)22-27-45(44)47(35)31-37/h1-33,46,50H. The summed E-state index contributed by atoms with van der Waals surface area (Å²) >= 11 is 0. The fraction of sp³-hybridized carbons (Fsp3) is 0.0351. The van der Waals surface area contributed by atoms with Crippen LogP contribution in [-0.4, -0.2) is 21.1 Å². The van der Waals surface area contributed by atoms with Gasteiger partial charge in [-0.15, -0.1) is 0 Å². The van der Waals surface area contributed by atoms with Crippen molar-refractivity contribution in [2.75, 3.05) is 0 Å². The lowest BCUT2D eigenvalue weighted by Crippen LogP contribution is -2.15. The van der Waals surface area contributed by atoms with Crippen molar-refractivity contribution in [1.29, 1.82) is 0 Å². The van der Waals surface area contributed by atoms with E-state index in [-0.39, 0.29) is 12.0 Å². The van der Waals surface area contributed by atoms with Crippen molar-refractivity contribution in [3.05, 3.63) is 206 Å². The summed E-state index contributed by atoms with van der Waals surface area (Å²) in [6, 6.07) is 62.2. The molecule has 11 aromatic rings. The lowest BCUT2D eigenvalue weighted by atomic mass is 9.91. The Morgan fingerprint density at radius 3 is 1.90 bits per heavy atom. The molecule has 1 aliphatic heterocycles. The summed E-state index contributed by atoms with van der Waals surface area (Å²) in [7, 11) is 0. The minimum absolute atomic E-state index is 0.00557. The largest absolute Gasteiger partial charge is 0.485 e. The molecular weight excluding hydrogens is 759 g/mol. The van der Waals surface area contributed by atoms with E-state index in [0.717, 1.165) is 72.2 Å². The first-order chi connectivity index (χ1) is 30.7. The van der Waals surface area contributed by atoms with E-state index in [1.165, 1.54) is 32.3 Å². The molecular formula is C57H35N3O2. The third-order valence-corrected chi connectivity index (χ3v) is 12.6. The van der Waals surface area contributed by atoms with Crippen LogP contribution in [0.25, 0.3) is 111 Å². The van der Waals surface area contributed by atoms with Crippen LogP contribution in [-0.2, 0) is 0 Å². The summed E-state index contributed by atoms with van der Waals surface area (Å²) in [4.78, 5) is 15.3. The minimum atomic E-state index is 0.00557. The third-order valence-electron chi connectivity index (χ3n) is 12.6. The highest BCUT2D eigenvalue weighted by molar-refractivity contribution is 6.18. The number of furan rings is 1. The molecule has 5 nitrogen and oxygen atoms in total. The van der Waals surface area contributed by atoms with E-state index in [1.54, 1.807) is 0 Å². The molecule has 2 aliphatic rings. The minimum Gasteiger partial charge on any atom is -0.485 e. The second kappa shape index (κ2) is 13.7. The molecule has 3 heterocycles. The molecule has 9 aromatic carbocycles. The van der Waals surface area contributed by atoms with Gasteiger partial charge < -0.3 is 9.15 Å². The number of benzene rings is 9. The molecule has 5 heteroatoms. The van der Waals surface area contributed by atoms with Crippen LogP contribution >= 0.6 is 0 Å². The first-order valence-electron chi connectivity index (χ1n) is 21.1. The first kappa shape index (κ1) is 34.7. The number of ether oxygens (including phenoxy) is 1. The fourth-order valence-electron chi connectivity index (χ4n) is 9.60. The Bertz CT molecular complexity index is 3700. The SMILES string of the molecule is C1=CC2Oc3ccc(-c4nc(-c5ccccc5)nc(-c5cccc(-c6cccc7oc8ccc(-c9ccc%10ccc%11c%12ccccc%12ccc%11c%10c9)cc8c67)c5)n4)cc3C2C=C1. The number of fused-ring (bicyclic) bond motifs is 11. The molecule has 2 aromatic heterocycles. The fourth-order valence-corrected chi connectivity index (χ4v) is 9.60. The highest BCUT2D eigenvalue weighted by Gasteiger charge is 2.32. The monoisotopic (exact) mass is 793 g/mol. The van der Waals surface area contributed by atoms with Gasteiger partial charge in [0.1, 0.15) is 23.0 Å². The second-order valence-corrected chi connectivity index (χ2v) is 16.3. The molecule has 0 fully saturated rings. The van der Waals surface area contributed by atoms with Gasteiger partial charge in [0.15, 0.2) is 17.5 Å². The van der Waals surface area contributed by atoms with E-state index >= 15 is 0 Å². The Balaban J connectivity index is 0.923. The van der Waals surface area contributed by atoms with E-state index < -0.39 is 0 Å². The van der Waals surface area contributed by atoms with Crippen LogP contribution in [0.5, 0.6) is 5.75 Å². The summed E-state index contributed by atoms with van der Waals surface area (Å²) in [5, 5.41) is 9.67. The van der Waals surface area contributed by atoms with Gasteiger partial charge in [-0.3, -0.25) is 0 Å². The average Bonchev–Trinajstić information content (AvgIpc) is 3.91. The van der Waals surface area contributed by atoms with Crippen molar-refractivity contribution in [1.82, 2.24) is 15.0 Å². The van der Waals surface area contributed by atoms with Crippen molar-refractivity contribution in [2.24, 2.45) is 0 Å². The van der Waals surface area contributed by atoms with Gasteiger partial charge in [0.2, 0.25) is 0 Å². The Morgan fingerprint density at radius 2 is 1.03 bits per heavy atom. The number of hydrogen-bond donors (Lipinski definition) is 0. The Kier molecular flexibility index (Phi) is 7.66. The average molecular weight is 794 g/mol. The van der Waals surface area contributed by atoms with Crippen LogP contribution in [0.2, 0.25) is 0 Å².